The van der Waals surface area contributed by atoms with E-state index in [2.05, 4.69) is 5.32 Å². The van der Waals surface area contributed by atoms with E-state index in [1.165, 1.54) is 0 Å². The molecule has 4 heteroatoms. The van der Waals surface area contributed by atoms with Crippen LogP contribution in [-0.4, -0.2) is 12.2 Å². The van der Waals surface area contributed by atoms with Gasteiger partial charge in [-0.1, -0.05) is 23.7 Å². The van der Waals surface area contributed by atoms with Crippen LogP contribution in [0.15, 0.2) is 53.4 Å². The third kappa shape index (κ3) is 3.06. The van der Waals surface area contributed by atoms with E-state index in [1.54, 1.807) is 36.0 Å². The quantitative estimate of drug-likeness (QED) is 0.847. The molecule has 0 spiro atoms. The maximum absolute atomic E-state index is 12.1. The van der Waals surface area contributed by atoms with Gasteiger partial charge in [-0.05, 0) is 42.7 Å². The minimum atomic E-state index is -0.109. The number of hydrogen-bond donors (Lipinski definition) is 1. The summed E-state index contributed by atoms with van der Waals surface area (Å²) in [7, 11) is 0. The third-order valence-electron chi connectivity index (χ3n) is 2.45. The van der Waals surface area contributed by atoms with Crippen molar-refractivity contribution in [3.8, 4) is 0 Å². The molecule has 0 saturated carbocycles. The van der Waals surface area contributed by atoms with E-state index in [0.29, 0.717) is 10.6 Å². The van der Waals surface area contributed by atoms with E-state index in [1.807, 2.05) is 30.5 Å². The summed E-state index contributed by atoms with van der Waals surface area (Å²) in [6.45, 7) is 0. The molecular weight excluding hydrogens is 266 g/mol. The van der Waals surface area contributed by atoms with Crippen molar-refractivity contribution < 1.29 is 4.79 Å². The van der Waals surface area contributed by atoms with Gasteiger partial charge in [0.15, 0.2) is 0 Å². The Balaban J connectivity index is 2.19. The lowest BCUT2D eigenvalue weighted by atomic mass is 10.2. The van der Waals surface area contributed by atoms with Crippen LogP contribution in [0.25, 0.3) is 0 Å². The Morgan fingerprint density at radius 3 is 2.44 bits per heavy atom. The molecule has 0 unspecified atom stereocenters. The van der Waals surface area contributed by atoms with Gasteiger partial charge in [-0.2, -0.15) is 0 Å². The fourth-order valence-corrected chi connectivity index (χ4v) is 2.29. The van der Waals surface area contributed by atoms with Crippen molar-refractivity contribution in [2.75, 3.05) is 11.6 Å². The normalized spacial score (nSPS) is 10.1. The molecule has 0 fully saturated rings. The maximum Gasteiger partial charge on any atom is 0.256 e. The molecule has 1 amide bonds. The highest BCUT2D eigenvalue weighted by atomic mass is 35.5. The van der Waals surface area contributed by atoms with Crippen LogP contribution in [0.3, 0.4) is 0 Å². The highest BCUT2D eigenvalue weighted by Gasteiger charge is 2.10. The molecule has 0 bridgehead atoms. The number of thioether (sulfide) groups is 1. The molecule has 0 saturated heterocycles. The highest BCUT2D eigenvalue weighted by molar-refractivity contribution is 7.98. The summed E-state index contributed by atoms with van der Waals surface area (Å²) in [6, 6.07) is 14.6. The Morgan fingerprint density at radius 1 is 1.11 bits per heavy atom. The molecule has 92 valence electrons. The van der Waals surface area contributed by atoms with Gasteiger partial charge < -0.3 is 5.32 Å². The molecule has 1 N–H and O–H groups in total. The van der Waals surface area contributed by atoms with Crippen LogP contribution in [0.5, 0.6) is 0 Å². The number of carbonyl (C=O) groups is 1. The SMILES string of the molecule is CSc1ccccc1C(=O)Nc1ccc(Cl)cc1. The van der Waals surface area contributed by atoms with Crippen molar-refractivity contribution >= 4 is 35.0 Å². The van der Waals surface area contributed by atoms with Gasteiger partial charge >= 0.3 is 0 Å². The highest BCUT2D eigenvalue weighted by Crippen LogP contribution is 2.21. The Labute approximate surface area is 115 Å². The van der Waals surface area contributed by atoms with Crippen molar-refractivity contribution in [1.29, 1.82) is 0 Å². The van der Waals surface area contributed by atoms with Crippen LogP contribution >= 0.6 is 23.4 Å². The minimum absolute atomic E-state index is 0.109. The van der Waals surface area contributed by atoms with Gasteiger partial charge in [-0.3, -0.25) is 4.79 Å². The van der Waals surface area contributed by atoms with Gasteiger partial charge in [0.2, 0.25) is 0 Å². The van der Waals surface area contributed by atoms with E-state index in [9.17, 15) is 4.79 Å². The summed E-state index contributed by atoms with van der Waals surface area (Å²) in [5.41, 5.74) is 1.42. The summed E-state index contributed by atoms with van der Waals surface area (Å²) in [5.74, 6) is -0.109. The van der Waals surface area contributed by atoms with Gasteiger partial charge in [0, 0.05) is 15.6 Å². The molecular formula is C14H12ClNOS. The van der Waals surface area contributed by atoms with E-state index in [4.69, 9.17) is 11.6 Å². The molecule has 2 aromatic carbocycles. The van der Waals surface area contributed by atoms with Gasteiger partial charge in [-0.15, -0.1) is 11.8 Å². The molecule has 2 aromatic rings. The molecule has 18 heavy (non-hydrogen) atoms. The zero-order chi connectivity index (χ0) is 13.0. The number of anilines is 1. The molecule has 0 aliphatic heterocycles. The predicted molar refractivity (Wildman–Crippen MR) is 77.6 cm³/mol. The van der Waals surface area contributed by atoms with Crippen LogP contribution in [0.1, 0.15) is 10.4 Å². The maximum atomic E-state index is 12.1. The van der Waals surface area contributed by atoms with E-state index < -0.39 is 0 Å². The lowest BCUT2D eigenvalue weighted by molar-refractivity contribution is 0.102. The summed E-state index contributed by atoms with van der Waals surface area (Å²) >= 11 is 7.35. The largest absolute Gasteiger partial charge is 0.322 e. The Morgan fingerprint density at radius 2 is 1.78 bits per heavy atom. The van der Waals surface area contributed by atoms with Crippen LogP contribution in [0, 0.1) is 0 Å². The van der Waals surface area contributed by atoms with Crippen molar-refractivity contribution in [3.05, 3.63) is 59.1 Å². The predicted octanol–water partition coefficient (Wildman–Crippen LogP) is 4.31. The second kappa shape index (κ2) is 5.94. The summed E-state index contributed by atoms with van der Waals surface area (Å²) < 4.78 is 0. The van der Waals surface area contributed by atoms with Crippen LogP contribution in [0.4, 0.5) is 5.69 Å². The molecule has 0 aliphatic rings. The molecule has 0 atom stereocenters. The molecule has 0 heterocycles. The molecule has 2 nitrogen and oxygen atoms in total. The van der Waals surface area contributed by atoms with Crippen molar-refractivity contribution in [1.82, 2.24) is 0 Å². The lowest BCUT2D eigenvalue weighted by Gasteiger charge is -2.08. The van der Waals surface area contributed by atoms with E-state index in [0.717, 1.165) is 10.6 Å². The standard InChI is InChI=1S/C14H12ClNOS/c1-18-13-5-3-2-4-12(13)14(17)16-11-8-6-10(15)7-9-11/h2-9H,1H3,(H,16,17). The van der Waals surface area contributed by atoms with Crippen molar-refractivity contribution in [2.24, 2.45) is 0 Å². The summed E-state index contributed by atoms with van der Waals surface area (Å²) in [6.07, 6.45) is 1.95. The topological polar surface area (TPSA) is 29.1 Å². The summed E-state index contributed by atoms with van der Waals surface area (Å²) in [4.78, 5) is 13.1. The number of amides is 1. The van der Waals surface area contributed by atoms with Gasteiger partial charge in [0.05, 0.1) is 5.56 Å². The summed E-state index contributed by atoms with van der Waals surface area (Å²) in [5, 5.41) is 3.50. The first-order valence-electron chi connectivity index (χ1n) is 5.40. The number of rotatable bonds is 3. The number of halogens is 1. The zero-order valence-corrected chi connectivity index (χ0v) is 11.4. The lowest BCUT2D eigenvalue weighted by Crippen LogP contribution is -2.12. The van der Waals surface area contributed by atoms with Gasteiger partial charge in [-0.25, -0.2) is 0 Å². The van der Waals surface area contributed by atoms with Crippen LogP contribution in [-0.2, 0) is 0 Å². The minimum Gasteiger partial charge on any atom is -0.322 e. The number of benzene rings is 2. The average molecular weight is 278 g/mol. The van der Waals surface area contributed by atoms with Crippen LogP contribution in [0.2, 0.25) is 5.02 Å². The molecule has 0 radical (unpaired) electrons. The molecule has 0 aromatic heterocycles. The zero-order valence-electron chi connectivity index (χ0n) is 9.81. The fraction of sp³-hybridized carbons (Fsp3) is 0.0714. The van der Waals surface area contributed by atoms with Crippen molar-refractivity contribution in [2.45, 2.75) is 4.90 Å². The van der Waals surface area contributed by atoms with E-state index in [-0.39, 0.29) is 5.91 Å². The van der Waals surface area contributed by atoms with Gasteiger partial charge in [0.25, 0.3) is 5.91 Å². The Bertz CT molecular complexity index is 554. The third-order valence-corrected chi connectivity index (χ3v) is 3.50. The molecule has 0 aliphatic carbocycles. The van der Waals surface area contributed by atoms with Gasteiger partial charge in [0.1, 0.15) is 0 Å². The Hall–Kier alpha value is -1.45. The monoisotopic (exact) mass is 277 g/mol. The smallest absolute Gasteiger partial charge is 0.256 e. The first-order valence-corrected chi connectivity index (χ1v) is 7.01. The number of nitrogens with one attached hydrogen (secondary N) is 1. The second-order valence-electron chi connectivity index (χ2n) is 3.66. The fourth-order valence-electron chi connectivity index (χ4n) is 1.56. The second-order valence-corrected chi connectivity index (χ2v) is 4.95. The molecule has 2 rings (SSSR count). The van der Waals surface area contributed by atoms with Crippen molar-refractivity contribution in [3.63, 3.8) is 0 Å². The number of carbonyl (C=O) groups excluding carboxylic acids is 1. The first kappa shape index (κ1) is 13.0. The average Bonchev–Trinajstić information content (AvgIpc) is 2.41. The van der Waals surface area contributed by atoms with Crippen LogP contribution < -0.4 is 5.32 Å². The number of hydrogen-bond acceptors (Lipinski definition) is 2. The Kier molecular flexibility index (Phi) is 4.28. The first-order chi connectivity index (χ1) is 8.70. The van der Waals surface area contributed by atoms with E-state index >= 15 is 0 Å².